The van der Waals surface area contributed by atoms with Crippen LogP contribution in [0, 0.1) is 3.57 Å². The molecule has 1 rings (SSSR count). The highest BCUT2D eigenvalue weighted by atomic mass is 127. The first-order valence-corrected chi connectivity index (χ1v) is 7.28. The van der Waals surface area contributed by atoms with Gasteiger partial charge in [0.15, 0.2) is 0 Å². The van der Waals surface area contributed by atoms with Gasteiger partial charge >= 0.3 is 5.97 Å². The van der Waals surface area contributed by atoms with E-state index in [-0.39, 0.29) is 5.75 Å². The molecule has 0 aliphatic rings. The lowest BCUT2D eigenvalue weighted by Gasteiger charge is -2.30. The second kappa shape index (κ2) is 6.47. The Balaban J connectivity index is 3.33. The second-order valence-electron chi connectivity index (χ2n) is 4.76. The summed E-state index contributed by atoms with van der Waals surface area (Å²) in [5, 5.41) is 9.75. The van der Waals surface area contributed by atoms with Crippen molar-refractivity contribution in [3.8, 4) is 11.5 Å². The fraction of sp³-hybridized carbons (Fsp3) is 0.400. The first-order valence-electron chi connectivity index (χ1n) is 6.21. The summed E-state index contributed by atoms with van der Waals surface area (Å²) in [6.07, 6.45) is 0.573. The number of rotatable bonds is 5. The van der Waals surface area contributed by atoms with Crippen molar-refractivity contribution in [1.29, 1.82) is 0 Å². The number of phenols is 1. The molecule has 0 aliphatic heterocycles. The lowest BCUT2D eigenvalue weighted by molar-refractivity contribution is -0.154. The third-order valence-corrected chi connectivity index (χ3v) is 4.04. The zero-order chi connectivity index (χ0) is 15.5. The molecule has 1 N–H and O–H groups in total. The van der Waals surface area contributed by atoms with Crippen molar-refractivity contribution in [2.45, 2.75) is 32.8 Å². The number of aromatic hydroxyl groups is 1. The molecule has 110 valence electrons. The Morgan fingerprint density at radius 2 is 2.10 bits per heavy atom. The van der Waals surface area contributed by atoms with Gasteiger partial charge in [0.2, 0.25) is 0 Å². The quantitative estimate of drug-likeness (QED) is 0.473. The average Bonchev–Trinajstić information content (AvgIpc) is 2.40. The molecule has 0 radical (unpaired) electrons. The molecule has 0 heterocycles. The molecule has 4 nitrogen and oxygen atoms in total. The number of phenolic OH excluding ortho intramolecular Hbond substituents is 1. The van der Waals surface area contributed by atoms with Crippen LogP contribution in [-0.4, -0.2) is 18.2 Å². The molecule has 1 atom stereocenters. The van der Waals surface area contributed by atoms with E-state index in [0.29, 0.717) is 21.3 Å². The SMILES string of the molecule is C=C(C)C(=O)OC(C)(CC)c1cc(I)c(O)cc1OC. The Bertz CT molecular complexity index is 539. The summed E-state index contributed by atoms with van der Waals surface area (Å²) in [5.41, 5.74) is 0.228. The monoisotopic (exact) mass is 390 g/mol. The molecular weight excluding hydrogens is 371 g/mol. The predicted molar refractivity (Wildman–Crippen MR) is 85.9 cm³/mol. The molecule has 0 spiro atoms. The number of benzene rings is 1. The van der Waals surface area contributed by atoms with Gasteiger partial charge in [0.1, 0.15) is 17.1 Å². The summed E-state index contributed by atoms with van der Waals surface area (Å²) in [4.78, 5) is 11.8. The molecule has 0 saturated carbocycles. The van der Waals surface area contributed by atoms with E-state index in [1.807, 2.05) is 36.4 Å². The number of methoxy groups -OCH3 is 1. The fourth-order valence-electron chi connectivity index (χ4n) is 1.73. The van der Waals surface area contributed by atoms with Gasteiger partial charge in [-0.2, -0.15) is 0 Å². The number of halogens is 1. The van der Waals surface area contributed by atoms with Crippen LogP contribution < -0.4 is 4.74 Å². The van der Waals surface area contributed by atoms with Crippen LogP contribution in [0.5, 0.6) is 11.5 Å². The van der Waals surface area contributed by atoms with Crippen LogP contribution >= 0.6 is 22.6 Å². The molecule has 5 heteroatoms. The van der Waals surface area contributed by atoms with Gasteiger partial charge < -0.3 is 14.6 Å². The summed E-state index contributed by atoms with van der Waals surface area (Å²) >= 11 is 2.02. The van der Waals surface area contributed by atoms with E-state index in [0.717, 1.165) is 5.56 Å². The van der Waals surface area contributed by atoms with E-state index in [4.69, 9.17) is 9.47 Å². The number of hydrogen-bond acceptors (Lipinski definition) is 4. The standard InChI is InChI=1S/C15H19IO4/c1-6-15(4,20-14(18)9(2)3)10-7-11(16)12(17)8-13(10)19-5/h7-8,17H,2,6H2,1,3-5H3. The molecule has 20 heavy (non-hydrogen) atoms. The van der Waals surface area contributed by atoms with E-state index in [9.17, 15) is 9.90 Å². The van der Waals surface area contributed by atoms with Gasteiger partial charge in [0.25, 0.3) is 0 Å². The molecule has 1 aromatic rings. The highest BCUT2D eigenvalue weighted by molar-refractivity contribution is 14.1. The van der Waals surface area contributed by atoms with Crippen molar-refractivity contribution >= 4 is 28.6 Å². The smallest absolute Gasteiger partial charge is 0.333 e. The van der Waals surface area contributed by atoms with Gasteiger partial charge in [-0.3, -0.25) is 0 Å². The maximum absolute atomic E-state index is 11.8. The van der Waals surface area contributed by atoms with Crippen molar-refractivity contribution in [2.24, 2.45) is 0 Å². The van der Waals surface area contributed by atoms with E-state index < -0.39 is 11.6 Å². The molecule has 0 aromatic heterocycles. The number of carbonyl (C=O) groups excluding carboxylic acids is 1. The summed E-state index contributed by atoms with van der Waals surface area (Å²) in [5.74, 6) is 0.178. The third kappa shape index (κ3) is 3.45. The van der Waals surface area contributed by atoms with Crippen LogP contribution in [-0.2, 0) is 15.1 Å². The molecule has 0 amide bonds. The number of carbonyl (C=O) groups is 1. The Kier molecular flexibility index (Phi) is 5.44. The first-order chi connectivity index (χ1) is 9.25. The second-order valence-corrected chi connectivity index (χ2v) is 5.92. The maximum atomic E-state index is 11.8. The first kappa shape index (κ1) is 16.8. The largest absolute Gasteiger partial charge is 0.507 e. The van der Waals surface area contributed by atoms with E-state index in [2.05, 4.69) is 6.58 Å². The van der Waals surface area contributed by atoms with Gasteiger partial charge in [0, 0.05) is 17.2 Å². The molecule has 0 bridgehead atoms. The van der Waals surface area contributed by atoms with Crippen LogP contribution in [0.2, 0.25) is 0 Å². The normalized spacial score (nSPS) is 13.4. The Labute approximate surface area is 132 Å². The lowest BCUT2D eigenvalue weighted by atomic mass is 9.91. The number of esters is 1. The zero-order valence-electron chi connectivity index (χ0n) is 12.1. The predicted octanol–water partition coefficient (Wildman–Crippen LogP) is 3.75. The molecule has 1 unspecified atom stereocenters. The topological polar surface area (TPSA) is 55.8 Å². The van der Waals surface area contributed by atoms with Crippen molar-refractivity contribution in [1.82, 2.24) is 0 Å². The molecule has 0 fully saturated rings. The molecular formula is C15H19IO4. The van der Waals surface area contributed by atoms with Gasteiger partial charge in [-0.1, -0.05) is 13.5 Å². The minimum atomic E-state index is -0.838. The summed E-state index contributed by atoms with van der Waals surface area (Å²) in [6.45, 7) is 8.94. The van der Waals surface area contributed by atoms with E-state index >= 15 is 0 Å². The average molecular weight is 390 g/mol. The van der Waals surface area contributed by atoms with Crippen molar-refractivity contribution in [3.63, 3.8) is 0 Å². The van der Waals surface area contributed by atoms with Crippen molar-refractivity contribution < 1.29 is 19.4 Å². The Morgan fingerprint density at radius 3 is 2.55 bits per heavy atom. The van der Waals surface area contributed by atoms with Crippen molar-refractivity contribution in [3.05, 3.63) is 33.4 Å². The fourth-order valence-corrected chi connectivity index (χ4v) is 2.20. The molecule has 1 aromatic carbocycles. The third-order valence-electron chi connectivity index (χ3n) is 3.18. The highest BCUT2D eigenvalue weighted by Crippen LogP contribution is 2.40. The number of ether oxygens (including phenoxy) is 2. The summed E-state index contributed by atoms with van der Waals surface area (Å²) < 4.78 is 11.5. The Morgan fingerprint density at radius 1 is 1.50 bits per heavy atom. The van der Waals surface area contributed by atoms with Crippen LogP contribution in [0.15, 0.2) is 24.3 Å². The lowest BCUT2D eigenvalue weighted by Crippen LogP contribution is -2.29. The van der Waals surface area contributed by atoms with Gasteiger partial charge in [-0.05, 0) is 48.9 Å². The molecule has 0 aliphatic carbocycles. The Hall–Kier alpha value is -1.24. The van der Waals surface area contributed by atoms with Gasteiger partial charge in [-0.25, -0.2) is 4.79 Å². The van der Waals surface area contributed by atoms with Crippen LogP contribution in [0.4, 0.5) is 0 Å². The summed E-state index contributed by atoms with van der Waals surface area (Å²) in [7, 11) is 1.52. The zero-order valence-corrected chi connectivity index (χ0v) is 14.3. The van der Waals surface area contributed by atoms with Crippen LogP contribution in [0.3, 0.4) is 0 Å². The van der Waals surface area contributed by atoms with E-state index in [1.54, 1.807) is 13.0 Å². The molecule has 0 saturated heterocycles. The van der Waals surface area contributed by atoms with E-state index in [1.165, 1.54) is 13.2 Å². The maximum Gasteiger partial charge on any atom is 0.333 e. The highest BCUT2D eigenvalue weighted by Gasteiger charge is 2.33. The van der Waals surface area contributed by atoms with Crippen LogP contribution in [0.25, 0.3) is 0 Å². The van der Waals surface area contributed by atoms with Crippen LogP contribution in [0.1, 0.15) is 32.8 Å². The number of hydrogen-bond donors (Lipinski definition) is 1. The minimum absolute atomic E-state index is 0.135. The van der Waals surface area contributed by atoms with Gasteiger partial charge in [-0.15, -0.1) is 0 Å². The van der Waals surface area contributed by atoms with Crippen molar-refractivity contribution in [2.75, 3.05) is 7.11 Å². The van der Waals surface area contributed by atoms with Gasteiger partial charge in [0.05, 0.1) is 10.7 Å². The summed E-state index contributed by atoms with van der Waals surface area (Å²) in [6, 6.07) is 3.30. The minimum Gasteiger partial charge on any atom is -0.507 e.